The molecule has 1 amide bonds. The summed E-state index contributed by atoms with van der Waals surface area (Å²) in [5.41, 5.74) is 0.448. The maximum absolute atomic E-state index is 13.3. The van der Waals surface area contributed by atoms with Crippen molar-refractivity contribution >= 4 is 11.6 Å². The minimum Gasteiger partial charge on any atom is -0.494 e. The molecule has 0 aromatic heterocycles. The summed E-state index contributed by atoms with van der Waals surface area (Å²) in [5, 5.41) is 2.65. The molecule has 0 aliphatic carbocycles. The van der Waals surface area contributed by atoms with E-state index < -0.39 is 5.82 Å². The van der Waals surface area contributed by atoms with E-state index in [9.17, 15) is 9.18 Å². The molecule has 4 heteroatoms. The second-order valence-corrected chi connectivity index (χ2v) is 3.65. The zero-order valence-electron chi connectivity index (χ0n) is 9.71. The standard InChI is InChI=1S/C12H16FNO2/c1-4-8(2)12(15)14-9-5-6-11(16-3)10(13)7-9/h5-8H,4H2,1-3H3,(H,14,15). The lowest BCUT2D eigenvalue weighted by molar-refractivity contribution is -0.119. The van der Waals surface area contributed by atoms with Crippen molar-refractivity contribution in [1.82, 2.24) is 0 Å². The summed E-state index contributed by atoms with van der Waals surface area (Å²) in [5.74, 6) is -0.497. The number of carbonyl (C=O) groups excluding carboxylic acids is 1. The highest BCUT2D eigenvalue weighted by Gasteiger charge is 2.11. The largest absolute Gasteiger partial charge is 0.494 e. The van der Waals surface area contributed by atoms with Gasteiger partial charge >= 0.3 is 0 Å². The van der Waals surface area contributed by atoms with Crippen LogP contribution in [0.1, 0.15) is 20.3 Å². The Balaban J connectivity index is 2.75. The van der Waals surface area contributed by atoms with Crippen molar-refractivity contribution in [2.75, 3.05) is 12.4 Å². The predicted molar refractivity (Wildman–Crippen MR) is 61.0 cm³/mol. The Labute approximate surface area is 94.6 Å². The fraction of sp³-hybridized carbons (Fsp3) is 0.417. The lowest BCUT2D eigenvalue weighted by Crippen LogP contribution is -2.19. The molecular formula is C12H16FNO2. The number of halogens is 1. The van der Waals surface area contributed by atoms with Gasteiger partial charge in [0.1, 0.15) is 0 Å². The quantitative estimate of drug-likeness (QED) is 0.855. The van der Waals surface area contributed by atoms with E-state index in [4.69, 9.17) is 4.74 Å². The van der Waals surface area contributed by atoms with Gasteiger partial charge in [0.15, 0.2) is 11.6 Å². The van der Waals surface area contributed by atoms with Crippen LogP contribution < -0.4 is 10.1 Å². The van der Waals surface area contributed by atoms with Gasteiger partial charge in [0.2, 0.25) is 5.91 Å². The van der Waals surface area contributed by atoms with E-state index in [0.29, 0.717) is 5.69 Å². The zero-order valence-corrected chi connectivity index (χ0v) is 9.71. The molecule has 1 N–H and O–H groups in total. The highest BCUT2D eigenvalue weighted by atomic mass is 19.1. The van der Waals surface area contributed by atoms with E-state index in [2.05, 4.69) is 5.32 Å². The SMILES string of the molecule is CCC(C)C(=O)Nc1ccc(OC)c(F)c1. The monoisotopic (exact) mass is 225 g/mol. The van der Waals surface area contributed by atoms with Gasteiger partial charge < -0.3 is 10.1 Å². The van der Waals surface area contributed by atoms with Crippen molar-refractivity contribution in [3.05, 3.63) is 24.0 Å². The molecule has 88 valence electrons. The molecule has 0 radical (unpaired) electrons. The Kier molecular flexibility index (Phi) is 4.28. The topological polar surface area (TPSA) is 38.3 Å². The molecule has 1 aromatic carbocycles. The number of anilines is 1. The Bertz CT molecular complexity index is 379. The molecule has 0 aliphatic heterocycles. The van der Waals surface area contributed by atoms with Crippen molar-refractivity contribution < 1.29 is 13.9 Å². The summed E-state index contributed by atoms with van der Waals surface area (Å²) >= 11 is 0. The first-order valence-corrected chi connectivity index (χ1v) is 5.22. The average molecular weight is 225 g/mol. The van der Waals surface area contributed by atoms with Crippen LogP contribution in [0.3, 0.4) is 0 Å². The van der Waals surface area contributed by atoms with Gasteiger partial charge in [-0.1, -0.05) is 13.8 Å². The summed E-state index contributed by atoms with van der Waals surface area (Å²) in [6, 6.07) is 4.35. The van der Waals surface area contributed by atoms with Gasteiger partial charge in [0.05, 0.1) is 7.11 Å². The molecule has 16 heavy (non-hydrogen) atoms. The summed E-state index contributed by atoms with van der Waals surface area (Å²) in [4.78, 5) is 11.5. The first-order chi connectivity index (χ1) is 7.58. The minimum absolute atomic E-state index is 0.0786. The van der Waals surface area contributed by atoms with Crippen LogP contribution in [0, 0.1) is 11.7 Å². The van der Waals surface area contributed by atoms with Crippen LogP contribution >= 0.6 is 0 Å². The molecule has 1 unspecified atom stereocenters. The van der Waals surface area contributed by atoms with Crippen molar-refractivity contribution in [3.63, 3.8) is 0 Å². The number of amides is 1. The number of nitrogens with one attached hydrogen (secondary N) is 1. The molecule has 0 heterocycles. The molecule has 3 nitrogen and oxygen atoms in total. The van der Waals surface area contributed by atoms with E-state index in [1.54, 1.807) is 6.07 Å². The van der Waals surface area contributed by atoms with Crippen LogP contribution in [-0.4, -0.2) is 13.0 Å². The molecule has 1 rings (SSSR count). The van der Waals surface area contributed by atoms with Crippen LogP contribution in [0.25, 0.3) is 0 Å². The fourth-order valence-corrected chi connectivity index (χ4v) is 1.19. The Morgan fingerprint density at radius 2 is 2.25 bits per heavy atom. The third kappa shape index (κ3) is 2.95. The van der Waals surface area contributed by atoms with Crippen molar-refractivity contribution in [1.29, 1.82) is 0 Å². The second-order valence-electron chi connectivity index (χ2n) is 3.65. The molecule has 1 atom stereocenters. The van der Waals surface area contributed by atoms with Crippen molar-refractivity contribution in [3.8, 4) is 5.75 Å². The predicted octanol–water partition coefficient (Wildman–Crippen LogP) is 2.82. The Morgan fingerprint density at radius 3 is 2.75 bits per heavy atom. The summed E-state index contributed by atoms with van der Waals surface area (Å²) in [6.45, 7) is 3.76. The number of hydrogen-bond acceptors (Lipinski definition) is 2. The third-order valence-electron chi connectivity index (χ3n) is 2.48. The Morgan fingerprint density at radius 1 is 1.56 bits per heavy atom. The second kappa shape index (κ2) is 5.49. The van der Waals surface area contributed by atoms with Crippen LogP contribution in [0.5, 0.6) is 5.75 Å². The molecule has 0 saturated heterocycles. The lowest BCUT2D eigenvalue weighted by atomic mass is 10.1. The maximum atomic E-state index is 13.3. The minimum atomic E-state index is -0.482. The van der Waals surface area contributed by atoms with Crippen molar-refractivity contribution in [2.45, 2.75) is 20.3 Å². The number of carbonyl (C=O) groups is 1. The van der Waals surface area contributed by atoms with Gasteiger partial charge in [-0.3, -0.25) is 4.79 Å². The van der Waals surface area contributed by atoms with Crippen LogP contribution in [0.2, 0.25) is 0 Å². The summed E-state index contributed by atoms with van der Waals surface area (Å²) < 4.78 is 18.1. The smallest absolute Gasteiger partial charge is 0.227 e. The van der Waals surface area contributed by atoms with E-state index in [0.717, 1.165) is 6.42 Å². The first-order valence-electron chi connectivity index (χ1n) is 5.22. The first kappa shape index (κ1) is 12.5. The number of rotatable bonds is 4. The van der Waals surface area contributed by atoms with Crippen LogP contribution in [-0.2, 0) is 4.79 Å². The van der Waals surface area contributed by atoms with Crippen molar-refractivity contribution in [2.24, 2.45) is 5.92 Å². The average Bonchev–Trinajstić information content (AvgIpc) is 2.28. The molecule has 0 aliphatic rings. The fourth-order valence-electron chi connectivity index (χ4n) is 1.19. The van der Waals surface area contributed by atoms with Crippen LogP contribution in [0.4, 0.5) is 10.1 Å². The molecule has 0 fully saturated rings. The molecule has 0 saturated carbocycles. The van der Waals surface area contributed by atoms with E-state index in [1.807, 2.05) is 13.8 Å². The van der Waals surface area contributed by atoms with Gasteiger partial charge in [0, 0.05) is 17.7 Å². The van der Waals surface area contributed by atoms with Gasteiger partial charge in [0.25, 0.3) is 0 Å². The summed E-state index contributed by atoms with van der Waals surface area (Å²) in [7, 11) is 1.40. The highest BCUT2D eigenvalue weighted by molar-refractivity contribution is 5.92. The highest BCUT2D eigenvalue weighted by Crippen LogP contribution is 2.21. The number of ether oxygens (including phenoxy) is 1. The maximum Gasteiger partial charge on any atom is 0.227 e. The molecule has 0 spiro atoms. The van der Waals surface area contributed by atoms with Gasteiger partial charge in [-0.2, -0.15) is 0 Å². The molecule has 0 bridgehead atoms. The molecule has 1 aromatic rings. The third-order valence-corrected chi connectivity index (χ3v) is 2.48. The van der Waals surface area contributed by atoms with Gasteiger partial charge in [-0.15, -0.1) is 0 Å². The number of benzene rings is 1. The Hall–Kier alpha value is -1.58. The number of hydrogen-bond donors (Lipinski definition) is 1. The summed E-state index contributed by atoms with van der Waals surface area (Å²) in [6.07, 6.45) is 0.754. The lowest BCUT2D eigenvalue weighted by Gasteiger charge is -2.10. The zero-order chi connectivity index (χ0) is 12.1. The van der Waals surface area contributed by atoms with Crippen LogP contribution in [0.15, 0.2) is 18.2 Å². The van der Waals surface area contributed by atoms with Gasteiger partial charge in [-0.25, -0.2) is 4.39 Å². The van der Waals surface area contributed by atoms with E-state index in [1.165, 1.54) is 19.2 Å². The van der Waals surface area contributed by atoms with E-state index in [-0.39, 0.29) is 17.6 Å². The molecular weight excluding hydrogens is 209 g/mol. The normalized spacial score (nSPS) is 12.0. The van der Waals surface area contributed by atoms with E-state index >= 15 is 0 Å². The van der Waals surface area contributed by atoms with Gasteiger partial charge in [-0.05, 0) is 18.6 Å². The number of methoxy groups -OCH3 is 1.